The first-order valence-electron chi connectivity index (χ1n) is 8.06. The second-order valence-electron chi connectivity index (χ2n) is 6.09. The predicted molar refractivity (Wildman–Crippen MR) is 87.1 cm³/mol. The minimum absolute atomic E-state index is 0.132. The Labute approximate surface area is 140 Å². The van der Waals surface area contributed by atoms with E-state index in [4.69, 9.17) is 5.26 Å². The van der Waals surface area contributed by atoms with E-state index in [9.17, 15) is 9.59 Å². The first-order valence-corrected chi connectivity index (χ1v) is 8.06. The molecule has 24 heavy (non-hydrogen) atoms. The molecule has 2 fully saturated rings. The maximum atomic E-state index is 12.1. The number of pyridine rings is 1. The highest BCUT2D eigenvalue weighted by Crippen LogP contribution is 2.17. The van der Waals surface area contributed by atoms with Gasteiger partial charge >= 0.3 is 6.03 Å². The highest BCUT2D eigenvalue weighted by Gasteiger charge is 2.30. The molecule has 1 aromatic rings. The molecule has 0 unspecified atom stereocenters. The maximum Gasteiger partial charge on any atom is 0.324 e. The average molecular weight is 328 g/mol. The Morgan fingerprint density at radius 2 is 2.33 bits per heavy atom. The summed E-state index contributed by atoms with van der Waals surface area (Å²) in [7, 11) is 0. The van der Waals surface area contributed by atoms with Crippen LogP contribution in [0.4, 0.5) is 10.6 Å². The van der Waals surface area contributed by atoms with E-state index in [1.54, 1.807) is 18.3 Å². The van der Waals surface area contributed by atoms with Gasteiger partial charge in [0.1, 0.15) is 11.9 Å². The minimum Gasteiger partial charge on any atom is -0.370 e. The van der Waals surface area contributed by atoms with Gasteiger partial charge in [-0.1, -0.05) is 0 Å². The highest BCUT2D eigenvalue weighted by molar-refractivity contribution is 5.96. The summed E-state index contributed by atoms with van der Waals surface area (Å²) in [6, 6.07) is 5.28. The predicted octanol–water partition coefficient (Wildman–Crippen LogP) is 0.239. The SMILES string of the molecule is N#Cc1ccc(NC[C@@H]2CCN(CC(=O)N3CCNC3=O)C2)nc1. The molecule has 3 heterocycles. The van der Waals surface area contributed by atoms with E-state index in [-0.39, 0.29) is 11.9 Å². The quantitative estimate of drug-likeness (QED) is 0.803. The number of aromatic nitrogens is 1. The molecule has 0 bridgehead atoms. The van der Waals surface area contributed by atoms with Crippen molar-refractivity contribution in [2.45, 2.75) is 6.42 Å². The van der Waals surface area contributed by atoms with E-state index in [0.717, 1.165) is 31.9 Å². The third kappa shape index (κ3) is 3.81. The van der Waals surface area contributed by atoms with Gasteiger partial charge in [0.15, 0.2) is 0 Å². The molecule has 0 aliphatic carbocycles. The fourth-order valence-electron chi connectivity index (χ4n) is 3.02. The molecule has 2 saturated heterocycles. The van der Waals surface area contributed by atoms with Gasteiger partial charge in [0.25, 0.3) is 0 Å². The van der Waals surface area contributed by atoms with Crippen molar-refractivity contribution in [3.8, 4) is 6.07 Å². The summed E-state index contributed by atoms with van der Waals surface area (Å²) in [5, 5.41) is 14.7. The molecular formula is C16H20N6O2. The molecule has 2 aliphatic heterocycles. The number of amides is 3. The second-order valence-corrected chi connectivity index (χ2v) is 6.09. The standard InChI is InChI=1S/C16H20N6O2/c17-7-12-1-2-14(19-8-12)20-9-13-3-5-21(10-13)11-15(23)22-6-4-18-16(22)24/h1-2,8,13H,3-6,9-11H2,(H,18,24)(H,19,20)/t13-/m0/s1. The number of carbonyl (C=O) groups excluding carboxylic acids is 2. The highest BCUT2D eigenvalue weighted by atomic mass is 16.2. The molecule has 1 atom stereocenters. The van der Waals surface area contributed by atoms with Gasteiger partial charge in [0, 0.05) is 32.4 Å². The number of nitrogens with one attached hydrogen (secondary N) is 2. The van der Waals surface area contributed by atoms with Crippen molar-refractivity contribution < 1.29 is 9.59 Å². The van der Waals surface area contributed by atoms with Crippen LogP contribution in [0.15, 0.2) is 18.3 Å². The number of urea groups is 1. The molecule has 2 aliphatic rings. The Kier molecular flexibility index (Phi) is 4.91. The van der Waals surface area contributed by atoms with Crippen LogP contribution in [0.25, 0.3) is 0 Å². The molecule has 8 heteroatoms. The molecule has 2 N–H and O–H groups in total. The molecule has 8 nitrogen and oxygen atoms in total. The number of hydrogen-bond acceptors (Lipinski definition) is 6. The van der Waals surface area contributed by atoms with Crippen molar-refractivity contribution in [3.63, 3.8) is 0 Å². The lowest BCUT2D eigenvalue weighted by Gasteiger charge is -2.19. The second kappa shape index (κ2) is 7.27. The van der Waals surface area contributed by atoms with Crippen molar-refractivity contribution in [3.05, 3.63) is 23.9 Å². The van der Waals surface area contributed by atoms with Crippen LogP contribution in [0, 0.1) is 17.2 Å². The van der Waals surface area contributed by atoms with Crippen LogP contribution >= 0.6 is 0 Å². The van der Waals surface area contributed by atoms with Gasteiger partial charge in [-0.15, -0.1) is 0 Å². The normalized spacial score (nSPS) is 20.7. The number of carbonyl (C=O) groups is 2. The molecule has 0 spiro atoms. The molecule has 0 saturated carbocycles. The van der Waals surface area contributed by atoms with Gasteiger partial charge in [0.2, 0.25) is 5.91 Å². The number of nitriles is 1. The zero-order chi connectivity index (χ0) is 16.9. The zero-order valence-electron chi connectivity index (χ0n) is 13.4. The van der Waals surface area contributed by atoms with Gasteiger partial charge in [-0.25, -0.2) is 9.78 Å². The van der Waals surface area contributed by atoms with Crippen LogP contribution in [0.5, 0.6) is 0 Å². The van der Waals surface area contributed by atoms with Crippen molar-refractivity contribution in [2.24, 2.45) is 5.92 Å². The lowest BCUT2D eigenvalue weighted by atomic mass is 10.1. The number of rotatable bonds is 5. The molecule has 0 aromatic carbocycles. The van der Waals surface area contributed by atoms with Crippen LogP contribution < -0.4 is 10.6 Å². The average Bonchev–Trinajstić information content (AvgIpc) is 3.22. The van der Waals surface area contributed by atoms with Crippen molar-refractivity contribution >= 4 is 17.8 Å². The monoisotopic (exact) mass is 328 g/mol. The number of likely N-dealkylation sites (tertiary alicyclic amines) is 1. The van der Waals surface area contributed by atoms with E-state index >= 15 is 0 Å². The van der Waals surface area contributed by atoms with Crippen LogP contribution in [-0.4, -0.2) is 66.0 Å². The molecule has 126 valence electrons. The fraction of sp³-hybridized carbons (Fsp3) is 0.500. The molecular weight excluding hydrogens is 308 g/mol. The van der Waals surface area contributed by atoms with Gasteiger partial charge in [0.05, 0.1) is 12.1 Å². The van der Waals surface area contributed by atoms with Crippen molar-refractivity contribution in [2.75, 3.05) is 44.6 Å². The van der Waals surface area contributed by atoms with E-state index in [0.29, 0.717) is 31.1 Å². The van der Waals surface area contributed by atoms with Gasteiger partial charge in [-0.3, -0.25) is 14.6 Å². The maximum absolute atomic E-state index is 12.1. The molecule has 3 amide bonds. The third-order valence-corrected chi connectivity index (χ3v) is 4.35. The van der Waals surface area contributed by atoms with Gasteiger partial charge < -0.3 is 10.6 Å². The summed E-state index contributed by atoms with van der Waals surface area (Å²) < 4.78 is 0. The summed E-state index contributed by atoms with van der Waals surface area (Å²) in [5.74, 6) is 1.05. The lowest BCUT2D eigenvalue weighted by Crippen LogP contribution is -2.41. The third-order valence-electron chi connectivity index (χ3n) is 4.35. The Balaban J connectivity index is 1.42. The summed E-state index contributed by atoms with van der Waals surface area (Å²) in [6.07, 6.45) is 2.55. The number of anilines is 1. The van der Waals surface area contributed by atoms with Gasteiger partial charge in [-0.05, 0) is 31.0 Å². The Hall–Kier alpha value is -2.66. The number of imide groups is 1. The Morgan fingerprint density at radius 1 is 1.46 bits per heavy atom. The van der Waals surface area contributed by atoms with E-state index in [1.165, 1.54) is 4.90 Å². The summed E-state index contributed by atoms with van der Waals surface area (Å²) in [4.78, 5) is 31.2. The Morgan fingerprint density at radius 3 is 3.00 bits per heavy atom. The lowest BCUT2D eigenvalue weighted by molar-refractivity contribution is -0.128. The molecule has 0 radical (unpaired) electrons. The molecule has 3 rings (SSSR count). The zero-order valence-corrected chi connectivity index (χ0v) is 13.4. The summed E-state index contributed by atoms with van der Waals surface area (Å²) >= 11 is 0. The van der Waals surface area contributed by atoms with Crippen LogP contribution in [0.1, 0.15) is 12.0 Å². The van der Waals surface area contributed by atoms with Crippen LogP contribution in [0.3, 0.4) is 0 Å². The Bertz CT molecular complexity index is 654. The van der Waals surface area contributed by atoms with E-state index in [1.807, 2.05) is 6.07 Å². The number of hydrogen-bond donors (Lipinski definition) is 2. The fourth-order valence-corrected chi connectivity index (χ4v) is 3.02. The summed E-state index contributed by atoms with van der Waals surface area (Å²) in [6.45, 7) is 3.74. The summed E-state index contributed by atoms with van der Waals surface area (Å²) in [5.41, 5.74) is 0.539. The largest absolute Gasteiger partial charge is 0.370 e. The van der Waals surface area contributed by atoms with Crippen LogP contribution in [0.2, 0.25) is 0 Å². The smallest absolute Gasteiger partial charge is 0.324 e. The topological polar surface area (TPSA) is 101 Å². The number of nitrogens with zero attached hydrogens (tertiary/aromatic N) is 4. The first-order chi connectivity index (χ1) is 11.7. The van der Waals surface area contributed by atoms with Crippen LogP contribution in [-0.2, 0) is 4.79 Å². The van der Waals surface area contributed by atoms with Gasteiger partial charge in [-0.2, -0.15) is 5.26 Å². The first kappa shape index (κ1) is 16.2. The van der Waals surface area contributed by atoms with Crippen molar-refractivity contribution in [1.29, 1.82) is 5.26 Å². The van der Waals surface area contributed by atoms with E-state index < -0.39 is 0 Å². The minimum atomic E-state index is -0.288. The van der Waals surface area contributed by atoms with Crippen molar-refractivity contribution in [1.82, 2.24) is 20.1 Å². The molecule has 1 aromatic heterocycles. The van der Waals surface area contributed by atoms with E-state index in [2.05, 4.69) is 20.5 Å².